The minimum Gasteiger partial charge on any atom is -0.454 e. The first-order chi connectivity index (χ1) is 14.0. The molecule has 146 valence electrons. The molecule has 0 aliphatic carbocycles. The van der Waals surface area contributed by atoms with E-state index < -0.39 is 5.97 Å². The standard InChI is InChI=1S/C23H18BrNO4/c24-18-12-10-17(11-13-18)21(26)15-29-23(28)19-8-4-5-9-20(19)25-22(27)14-16-6-2-1-3-7-16/h1-13H,14-15H2,(H,25,27). The molecule has 0 atom stereocenters. The molecular formula is C23H18BrNO4. The van der Waals surface area contributed by atoms with Gasteiger partial charge in [0.2, 0.25) is 5.91 Å². The van der Waals surface area contributed by atoms with E-state index in [1.54, 1.807) is 48.5 Å². The maximum atomic E-state index is 12.5. The van der Waals surface area contributed by atoms with Crippen LogP contribution in [-0.4, -0.2) is 24.3 Å². The summed E-state index contributed by atoms with van der Waals surface area (Å²) in [6.07, 6.45) is 0.187. The van der Waals surface area contributed by atoms with Gasteiger partial charge in [0, 0.05) is 10.0 Å². The van der Waals surface area contributed by atoms with Crippen LogP contribution < -0.4 is 5.32 Å². The molecule has 0 aliphatic heterocycles. The molecule has 29 heavy (non-hydrogen) atoms. The number of anilines is 1. The number of Topliss-reactive ketones (excluding diaryl/α,β-unsaturated/α-hetero) is 1. The normalized spacial score (nSPS) is 10.2. The zero-order valence-electron chi connectivity index (χ0n) is 15.4. The monoisotopic (exact) mass is 451 g/mol. The number of hydrogen-bond acceptors (Lipinski definition) is 4. The molecule has 0 bridgehead atoms. The number of para-hydroxylation sites is 1. The Bertz CT molecular complexity index is 1020. The second-order valence-electron chi connectivity index (χ2n) is 6.26. The van der Waals surface area contributed by atoms with Crippen molar-refractivity contribution in [3.63, 3.8) is 0 Å². The van der Waals surface area contributed by atoms with Crippen molar-refractivity contribution >= 4 is 39.3 Å². The molecule has 0 aromatic heterocycles. The highest BCUT2D eigenvalue weighted by molar-refractivity contribution is 9.10. The molecule has 3 aromatic carbocycles. The third-order valence-electron chi connectivity index (χ3n) is 4.13. The number of ketones is 1. The van der Waals surface area contributed by atoms with E-state index in [-0.39, 0.29) is 30.3 Å². The number of hydrogen-bond donors (Lipinski definition) is 1. The van der Waals surface area contributed by atoms with E-state index >= 15 is 0 Å². The topological polar surface area (TPSA) is 72.5 Å². The van der Waals surface area contributed by atoms with Crippen LogP contribution in [0.3, 0.4) is 0 Å². The number of carbonyl (C=O) groups excluding carboxylic acids is 3. The highest BCUT2D eigenvalue weighted by atomic mass is 79.9. The molecule has 1 amide bonds. The van der Waals surface area contributed by atoms with E-state index in [9.17, 15) is 14.4 Å². The minimum absolute atomic E-state index is 0.187. The Kier molecular flexibility index (Phi) is 6.92. The third kappa shape index (κ3) is 5.86. The number of carbonyl (C=O) groups is 3. The smallest absolute Gasteiger partial charge is 0.340 e. The minimum atomic E-state index is -0.675. The Morgan fingerprint density at radius 3 is 2.21 bits per heavy atom. The van der Waals surface area contributed by atoms with Gasteiger partial charge < -0.3 is 10.1 Å². The summed E-state index contributed by atoms with van der Waals surface area (Å²) in [5.74, 6) is -1.23. The van der Waals surface area contributed by atoms with Crippen LogP contribution in [0.5, 0.6) is 0 Å². The second kappa shape index (κ2) is 9.80. The lowest BCUT2D eigenvalue weighted by Crippen LogP contribution is -2.19. The van der Waals surface area contributed by atoms with E-state index in [0.717, 1.165) is 10.0 Å². The second-order valence-corrected chi connectivity index (χ2v) is 7.18. The van der Waals surface area contributed by atoms with Gasteiger partial charge in [-0.3, -0.25) is 9.59 Å². The van der Waals surface area contributed by atoms with Gasteiger partial charge in [-0.1, -0.05) is 70.5 Å². The zero-order valence-corrected chi connectivity index (χ0v) is 17.0. The number of nitrogens with one attached hydrogen (secondary N) is 1. The van der Waals surface area contributed by atoms with Crippen molar-refractivity contribution in [2.24, 2.45) is 0 Å². The third-order valence-corrected chi connectivity index (χ3v) is 4.66. The highest BCUT2D eigenvalue weighted by Crippen LogP contribution is 2.17. The molecule has 0 saturated heterocycles. The van der Waals surface area contributed by atoms with Gasteiger partial charge in [0.15, 0.2) is 12.4 Å². The molecule has 3 rings (SSSR count). The van der Waals surface area contributed by atoms with Crippen LogP contribution in [0.1, 0.15) is 26.3 Å². The predicted octanol–water partition coefficient (Wildman–Crippen LogP) is 4.67. The number of ether oxygens (including phenoxy) is 1. The van der Waals surface area contributed by atoms with Crippen LogP contribution >= 0.6 is 15.9 Å². The average Bonchev–Trinajstić information content (AvgIpc) is 2.73. The Morgan fingerprint density at radius 2 is 1.48 bits per heavy atom. The Morgan fingerprint density at radius 1 is 0.828 bits per heavy atom. The number of esters is 1. The lowest BCUT2D eigenvalue weighted by atomic mass is 10.1. The van der Waals surface area contributed by atoms with Crippen molar-refractivity contribution in [2.75, 3.05) is 11.9 Å². The number of rotatable bonds is 7. The Hall–Kier alpha value is -3.25. The highest BCUT2D eigenvalue weighted by Gasteiger charge is 2.16. The summed E-state index contributed by atoms with van der Waals surface area (Å²) >= 11 is 3.30. The lowest BCUT2D eigenvalue weighted by Gasteiger charge is -2.11. The first-order valence-electron chi connectivity index (χ1n) is 8.91. The summed E-state index contributed by atoms with van der Waals surface area (Å²) in [5, 5.41) is 2.74. The summed E-state index contributed by atoms with van der Waals surface area (Å²) in [6, 6.07) is 22.6. The largest absolute Gasteiger partial charge is 0.454 e. The van der Waals surface area contributed by atoms with E-state index in [4.69, 9.17) is 4.74 Å². The molecule has 0 aliphatic rings. The Labute approximate surface area is 176 Å². The van der Waals surface area contributed by atoms with Crippen molar-refractivity contribution in [2.45, 2.75) is 6.42 Å². The zero-order chi connectivity index (χ0) is 20.6. The van der Waals surface area contributed by atoms with Crippen LogP contribution in [0, 0.1) is 0 Å². The van der Waals surface area contributed by atoms with Gasteiger partial charge in [0.1, 0.15) is 0 Å². The quantitative estimate of drug-likeness (QED) is 0.418. The molecular weight excluding hydrogens is 434 g/mol. The van der Waals surface area contributed by atoms with E-state index in [1.165, 1.54) is 0 Å². The molecule has 0 fully saturated rings. The summed E-state index contributed by atoms with van der Waals surface area (Å²) in [6.45, 7) is -0.382. The first kappa shape index (κ1) is 20.5. The van der Waals surface area contributed by atoms with Crippen LogP contribution in [0.25, 0.3) is 0 Å². The van der Waals surface area contributed by atoms with Gasteiger partial charge in [-0.2, -0.15) is 0 Å². The van der Waals surface area contributed by atoms with Crippen molar-refractivity contribution in [1.82, 2.24) is 0 Å². The van der Waals surface area contributed by atoms with Gasteiger partial charge >= 0.3 is 5.97 Å². The van der Waals surface area contributed by atoms with Crippen LogP contribution in [0.4, 0.5) is 5.69 Å². The van der Waals surface area contributed by atoms with Gasteiger partial charge in [-0.25, -0.2) is 4.79 Å². The molecule has 3 aromatic rings. The molecule has 0 heterocycles. The average molecular weight is 452 g/mol. The van der Waals surface area contributed by atoms with E-state index in [0.29, 0.717) is 11.3 Å². The molecule has 0 radical (unpaired) electrons. The van der Waals surface area contributed by atoms with Crippen molar-refractivity contribution in [1.29, 1.82) is 0 Å². The van der Waals surface area contributed by atoms with Crippen molar-refractivity contribution in [3.8, 4) is 0 Å². The summed E-state index contributed by atoms with van der Waals surface area (Å²) < 4.78 is 6.02. The maximum Gasteiger partial charge on any atom is 0.340 e. The van der Waals surface area contributed by atoms with Crippen LogP contribution in [0.2, 0.25) is 0 Å². The summed E-state index contributed by atoms with van der Waals surface area (Å²) in [7, 11) is 0. The van der Waals surface area contributed by atoms with Gasteiger partial charge in [-0.15, -0.1) is 0 Å². The maximum absolute atomic E-state index is 12.5. The fourth-order valence-electron chi connectivity index (χ4n) is 2.67. The van der Waals surface area contributed by atoms with E-state index in [1.807, 2.05) is 30.3 Å². The molecule has 6 heteroatoms. The molecule has 0 saturated carbocycles. The van der Waals surface area contributed by atoms with Crippen LogP contribution in [-0.2, 0) is 16.0 Å². The first-order valence-corrected chi connectivity index (χ1v) is 9.71. The molecule has 0 spiro atoms. The summed E-state index contributed by atoms with van der Waals surface area (Å²) in [4.78, 5) is 37.0. The number of amides is 1. The number of benzene rings is 3. The fraction of sp³-hybridized carbons (Fsp3) is 0.0870. The van der Waals surface area contributed by atoms with Crippen molar-refractivity contribution in [3.05, 3.63) is 100 Å². The van der Waals surface area contributed by atoms with Gasteiger partial charge in [0.05, 0.1) is 17.7 Å². The molecule has 0 unspecified atom stereocenters. The Balaban J connectivity index is 1.63. The predicted molar refractivity (Wildman–Crippen MR) is 114 cm³/mol. The molecule has 1 N–H and O–H groups in total. The van der Waals surface area contributed by atoms with Gasteiger partial charge in [-0.05, 0) is 29.8 Å². The molecule has 5 nitrogen and oxygen atoms in total. The van der Waals surface area contributed by atoms with Gasteiger partial charge in [0.25, 0.3) is 0 Å². The lowest BCUT2D eigenvalue weighted by molar-refractivity contribution is -0.115. The van der Waals surface area contributed by atoms with E-state index in [2.05, 4.69) is 21.2 Å². The fourth-order valence-corrected chi connectivity index (χ4v) is 2.94. The van der Waals surface area contributed by atoms with Crippen LogP contribution in [0.15, 0.2) is 83.3 Å². The van der Waals surface area contributed by atoms with Crippen molar-refractivity contribution < 1.29 is 19.1 Å². The number of halogens is 1. The summed E-state index contributed by atoms with van der Waals surface area (Å²) in [5.41, 5.74) is 1.85. The SMILES string of the molecule is O=C(Cc1ccccc1)Nc1ccccc1C(=O)OCC(=O)c1ccc(Br)cc1.